The predicted molar refractivity (Wildman–Crippen MR) is 151 cm³/mol. The van der Waals surface area contributed by atoms with Crippen molar-refractivity contribution in [2.75, 3.05) is 25.4 Å². The molecule has 4 atom stereocenters. The number of benzene rings is 1. The van der Waals surface area contributed by atoms with Gasteiger partial charge in [0, 0.05) is 25.4 Å². The number of piperazine rings is 1. The number of nitrogens with zero attached hydrogens (tertiary/aromatic N) is 3. The van der Waals surface area contributed by atoms with Gasteiger partial charge in [-0.1, -0.05) is 30.3 Å². The van der Waals surface area contributed by atoms with E-state index in [0.717, 1.165) is 4.90 Å². The fourth-order valence-electron chi connectivity index (χ4n) is 4.79. The van der Waals surface area contributed by atoms with Crippen LogP contribution in [0.2, 0.25) is 0 Å². The van der Waals surface area contributed by atoms with Crippen LogP contribution in [0.25, 0.3) is 0 Å². The topological polar surface area (TPSA) is 180 Å². The van der Waals surface area contributed by atoms with Crippen LogP contribution >= 0.6 is 0 Å². The van der Waals surface area contributed by atoms with E-state index in [-0.39, 0.29) is 30.1 Å². The molecule has 0 radical (unpaired) electrons. The molecule has 230 valence electrons. The van der Waals surface area contributed by atoms with Crippen LogP contribution in [0.4, 0.5) is 4.79 Å². The van der Waals surface area contributed by atoms with Gasteiger partial charge in [0.05, 0.1) is 16.2 Å². The van der Waals surface area contributed by atoms with Crippen molar-refractivity contribution in [1.29, 1.82) is 0 Å². The third-order valence-electron chi connectivity index (χ3n) is 7.20. The van der Waals surface area contributed by atoms with Crippen LogP contribution in [-0.4, -0.2) is 97.3 Å². The van der Waals surface area contributed by atoms with Crippen LogP contribution in [0, 0.1) is 5.41 Å². The SMILES string of the molecule is CCN1CCN(C(=O)NC(C(=O)NC2C(=O)N3C(C(=O)OC(=O)C(C)(C)C)=C(C)CS(=O)[C@H]23)c2ccccc2)C(=O)C1=O. The van der Waals surface area contributed by atoms with Crippen LogP contribution in [0.3, 0.4) is 0 Å². The molecule has 0 aromatic heterocycles. The van der Waals surface area contributed by atoms with E-state index in [0.29, 0.717) is 17.0 Å². The highest BCUT2D eigenvalue weighted by molar-refractivity contribution is 7.86. The summed E-state index contributed by atoms with van der Waals surface area (Å²) in [5, 5.41) is 3.87. The van der Waals surface area contributed by atoms with Crippen molar-refractivity contribution in [2.45, 2.75) is 52.1 Å². The standard InChI is InChI=1S/C28H33N5O9S/c1-6-31-12-13-32(23(37)22(31)36)27(40)30-17(16-10-8-7-9-11-16)20(34)29-18-21(35)33-19(15(2)14-43(41)24(18)33)25(38)42-26(39)28(3,4)5/h7-11,17-18,24H,6,12-14H2,1-5H3,(H,29,34)(H,30,40)/t17?,18?,24-,43?/m1/s1. The van der Waals surface area contributed by atoms with E-state index in [4.69, 9.17) is 4.74 Å². The number of fused-ring (bicyclic) bond motifs is 1. The molecular weight excluding hydrogens is 582 g/mol. The molecule has 6 amide bonds. The van der Waals surface area contributed by atoms with E-state index >= 15 is 0 Å². The number of imide groups is 1. The number of amides is 6. The molecule has 2 saturated heterocycles. The Morgan fingerprint density at radius 3 is 2.30 bits per heavy atom. The van der Waals surface area contributed by atoms with Crippen molar-refractivity contribution < 1.29 is 42.5 Å². The number of β-lactam (4-membered cyclic amide) rings is 1. The molecular formula is C28H33N5O9S. The Hall–Kier alpha value is -4.40. The number of carbonyl (C=O) groups excluding carboxylic acids is 7. The Bertz CT molecular complexity index is 1450. The maximum atomic E-state index is 13.5. The van der Waals surface area contributed by atoms with Gasteiger partial charge >= 0.3 is 29.8 Å². The summed E-state index contributed by atoms with van der Waals surface area (Å²) in [4.78, 5) is 92.9. The molecule has 1 aromatic rings. The highest BCUT2D eigenvalue weighted by atomic mass is 32.2. The van der Waals surface area contributed by atoms with Gasteiger partial charge in [0.15, 0.2) is 0 Å². The number of carbonyl (C=O) groups is 7. The van der Waals surface area contributed by atoms with Crippen molar-refractivity contribution in [3.05, 3.63) is 47.2 Å². The fourth-order valence-corrected chi connectivity index (χ4v) is 6.46. The number of hydrogen-bond acceptors (Lipinski definition) is 9. The number of hydrogen-bond donors (Lipinski definition) is 2. The Labute approximate surface area is 250 Å². The summed E-state index contributed by atoms with van der Waals surface area (Å²) in [5.74, 6) is -5.45. The maximum Gasteiger partial charge on any atom is 0.362 e. The van der Waals surface area contributed by atoms with Gasteiger partial charge in [-0.25, -0.2) is 9.59 Å². The molecule has 14 nitrogen and oxygen atoms in total. The van der Waals surface area contributed by atoms with E-state index in [1.54, 1.807) is 58.0 Å². The van der Waals surface area contributed by atoms with Gasteiger partial charge in [-0.3, -0.25) is 38.0 Å². The maximum absolute atomic E-state index is 13.5. The van der Waals surface area contributed by atoms with E-state index in [2.05, 4.69) is 10.6 Å². The van der Waals surface area contributed by atoms with E-state index in [9.17, 15) is 37.8 Å². The summed E-state index contributed by atoms with van der Waals surface area (Å²) in [6.45, 7) is 8.23. The van der Waals surface area contributed by atoms with Crippen molar-refractivity contribution >= 4 is 52.4 Å². The molecule has 2 N–H and O–H groups in total. The predicted octanol–water partition coefficient (Wildman–Crippen LogP) is -0.0667. The molecule has 3 heterocycles. The van der Waals surface area contributed by atoms with Crippen LogP contribution in [0.15, 0.2) is 41.6 Å². The number of urea groups is 1. The first-order valence-corrected chi connectivity index (χ1v) is 15.0. The molecule has 2 fully saturated rings. The summed E-state index contributed by atoms with van der Waals surface area (Å²) in [6, 6.07) is 4.32. The van der Waals surface area contributed by atoms with Crippen LogP contribution in [0.5, 0.6) is 0 Å². The van der Waals surface area contributed by atoms with Gasteiger partial charge in [0.25, 0.3) is 5.91 Å². The van der Waals surface area contributed by atoms with Gasteiger partial charge in [0.2, 0.25) is 5.91 Å². The number of ether oxygens (including phenoxy) is 1. The van der Waals surface area contributed by atoms with Gasteiger partial charge < -0.3 is 20.3 Å². The number of nitrogens with one attached hydrogen (secondary N) is 2. The van der Waals surface area contributed by atoms with Crippen molar-refractivity contribution in [2.24, 2.45) is 5.41 Å². The normalized spacial score (nSPS) is 22.9. The zero-order valence-corrected chi connectivity index (χ0v) is 25.2. The lowest BCUT2D eigenvalue weighted by Gasteiger charge is -2.49. The first-order chi connectivity index (χ1) is 20.2. The average molecular weight is 616 g/mol. The molecule has 0 spiro atoms. The first kappa shape index (κ1) is 31.5. The lowest BCUT2D eigenvalue weighted by atomic mass is 9.97. The molecule has 4 rings (SSSR count). The molecule has 43 heavy (non-hydrogen) atoms. The number of esters is 2. The lowest BCUT2D eigenvalue weighted by molar-refractivity contribution is -0.166. The molecule has 0 aliphatic carbocycles. The summed E-state index contributed by atoms with van der Waals surface area (Å²) >= 11 is 0. The van der Waals surface area contributed by atoms with Gasteiger partial charge in [0.1, 0.15) is 23.2 Å². The van der Waals surface area contributed by atoms with E-state index in [1.807, 2.05) is 0 Å². The minimum Gasteiger partial charge on any atom is -0.388 e. The Morgan fingerprint density at radius 2 is 1.70 bits per heavy atom. The third kappa shape index (κ3) is 6.07. The summed E-state index contributed by atoms with van der Waals surface area (Å²) < 4.78 is 18.0. The average Bonchev–Trinajstić information content (AvgIpc) is 2.95. The molecule has 3 aliphatic rings. The smallest absolute Gasteiger partial charge is 0.362 e. The highest BCUT2D eigenvalue weighted by Gasteiger charge is 2.57. The van der Waals surface area contributed by atoms with Gasteiger partial charge in [-0.05, 0) is 45.8 Å². The van der Waals surface area contributed by atoms with Crippen LogP contribution in [-0.2, 0) is 44.3 Å². The van der Waals surface area contributed by atoms with Crippen LogP contribution < -0.4 is 10.6 Å². The summed E-state index contributed by atoms with van der Waals surface area (Å²) in [5.41, 5.74) is -0.598. The largest absolute Gasteiger partial charge is 0.388 e. The molecule has 1 aromatic carbocycles. The molecule has 15 heteroatoms. The zero-order valence-electron chi connectivity index (χ0n) is 24.4. The van der Waals surface area contributed by atoms with E-state index < -0.39 is 75.3 Å². The molecule has 0 bridgehead atoms. The van der Waals surface area contributed by atoms with Crippen LogP contribution in [0.1, 0.15) is 46.2 Å². The monoisotopic (exact) mass is 615 g/mol. The number of likely N-dealkylation sites (N-methyl/N-ethyl adjacent to an activating group) is 1. The lowest BCUT2D eigenvalue weighted by Crippen LogP contribution is -2.74. The minimum absolute atomic E-state index is 0.0766. The molecule has 3 unspecified atom stereocenters. The Balaban J connectivity index is 1.53. The third-order valence-corrected chi connectivity index (χ3v) is 8.94. The summed E-state index contributed by atoms with van der Waals surface area (Å²) in [6.07, 6.45) is 0. The Kier molecular flexibility index (Phi) is 8.85. The molecule has 0 saturated carbocycles. The van der Waals surface area contributed by atoms with Crippen molar-refractivity contribution in [3.8, 4) is 0 Å². The summed E-state index contributed by atoms with van der Waals surface area (Å²) in [7, 11) is -1.72. The Morgan fingerprint density at radius 1 is 1.05 bits per heavy atom. The molecule has 3 aliphatic heterocycles. The van der Waals surface area contributed by atoms with Crippen molar-refractivity contribution in [1.82, 2.24) is 25.3 Å². The second-order valence-corrected chi connectivity index (χ2v) is 12.8. The second-order valence-electron chi connectivity index (χ2n) is 11.3. The second kappa shape index (κ2) is 12.1. The van der Waals surface area contributed by atoms with Crippen molar-refractivity contribution in [3.63, 3.8) is 0 Å². The quantitative estimate of drug-likeness (QED) is 0.192. The number of rotatable bonds is 6. The highest BCUT2D eigenvalue weighted by Crippen LogP contribution is 2.36. The first-order valence-electron chi connectivity index (χ1n) is 13.6. The fraction of sp³-hybridized carbons (Fsp3) is 0.464. The van der Waals surface area contributed by atoms with E-state index in [1.165, 1.54) is 11.8 Å². The van der Waals surface area contributed by atoms with Gasteiger partial charge in [-0.15, -0.1) is 0 Å². The zero-order chi connectivity index (χ0) is 31.8. The minimum atomic E-state index is -1.72. The van der Waals surface area contributed by atoms with Gasteiger partial charge in [-0.2, -0.15) is 0 Å².